The van der Waals surface area contributed by atoms with Crippen LogP contribution in [0.25, 0.3) is 49.5 Å². The number of nitrogens with zero attached hydrogens (tertiary/aromatic N) is 2. The Balaban J connectivity index is 1.04. The summed E-state index contributed by atoms with van der Waals surface area (Å²) in [5.74, 6) is 0. The molecule has 0 radical (unpaired) electrons. The van der Waals surface area contributed by atoms with Crippen molar-refractivity contribution in [1.82, 2.24) is 5.32 Å². The number of para-hydroxylation sites is 1. The molecule has 3 nitrogen and oxygen atoms in total. The average molecular weight is 816 g/mol. The number of nitrogens with one attached hydrogen (secondary N) is 1. The molecule has 0 saturated carbocycles. The Bertz CT molecular complexity index is 3430. The highest BCUT2D eigenvalue weighted by atomic mass is 15.2. The van der Waals surface area contributed by atoms with Gasteiger partial charge >= 0.3 is 0 Å². The van der Waals surface area contributed by atoms with E-state index in [1.54, 1.807) is 0 Å². The van der Waals surface area contributed by atoms with Crippen LogP contribution < -0.4 is 10.2 Å². The number of aliphatic imine (C=N–C) groups is 1. The molecule has 10 aromatic rings. The van der Waals surface area contributed by atoms with E-state index in [0.717, 1.165) is 33.8 Å². The van der Waals surface area contributed by atoms with Crippen LogP contribution in [-0.2, 0) is 5.41 Å². The summed E-state index contributed by atoms with van der Waals surface area (Å²) in [5, 5.41) is 8.69. The molecule has 13 rings (SSSR count). The van der Waals surface area contributed by atoms with Crippen LogP contribution in [0.2, 0.25) is 0 Å². The SMILES string of the molecule is C1=C(c2ccccc2)NC(c2ccc(-c3ccccc3)cc2)N=C1c1ccc2c(c1)-c1ccccc1C21c2cc3ccccc3cc2N(c2ccccc2)c2cc3ccccc3cc21. The van der Waals surface area contributed by atoms with E-state index in [0.29, 0.717) is 0 Å². The molecular weight excluding hydrogens is 775 g/mol. The largest absolute Gasteiger partial charge is 0.360 e. The van der Waals surface area contributed by atoms with Crippen LogP contribution in [0.3, 0.4) is 0 Å². The van der Waals surface area contributed by atoms with Gasteiger partial charge in [0.2, 0.25) is 0 Å². The first kappa shape index (κ1) is 36.4. The van der Waals surface area contributed by atoms with E-state index in [1.807, 2.05) is 0 Å². The van der Waals surface area contributed by atoms with Crippen LogP contribution in [0.15, 0.2) is 242 Å². The number of fused-ring (bicyclic) bond motifs is 11. The number of allylic oxidation sites excluding steroid dienone is 1. The minimum Gasteiger partial charge on any atom is -0.360 e. The molecule has 1 atom stereocenters. The molecule has 0 saturated heterocycles. The lowest BCUT2D eigenvalue weighted by molar-refractivity contribution is 0.664. The smallest absolute Gasteiger partial charge is 0.145 e. The van der Waals surface area contributed by atoms with Crippen molar-refractivity contribution in [3.05, 3.63) is 276 Å². The van der Waals surface area contributed by atoms with Crippen LogP contribution >= 0.6 is 0 Å². The maximum absolute atomic E-state index is 5.49. The van der Waals surface area contributed by atoms with Crippen molar-refractivity contribution in [2.75, 3.05) is 4.90 Å². The van der Waals surface area contributed by atoms with Crippen molar-refractivity contribution in [2.24, 2.45) is 4.99 Å². The fourth-order valence-corrected chi connectivity index (χ4v) is 10.7. The van der Waals surface area contributed by atoms with Crippen LogP contribution in [0, 0.1) is 0 Å². The first-order chi connectivity index (χ1) is 31.7. The molecule has 0 aromatic heterocycles. The third-order valence-electron chi connectivity index (χ3n) is 13.6. The Morgan fingerprint density at radius 3 is 1.53 bits per heavy atom. The molecule has 64 heavy (non-hydrogen) atoms. The van der Waals surface area contributed by atoms with Gasteiger partial charge in [0, 0.05) is 16.9 Å². The third kappa shape index (κ3) is 5.57. The monoisotopic (exact) mass is 815 g/mol. The topological polar surface area (TPSA) is 27.6 Å². The molecule has 2 heterocycles. The van der Waals surface area contributed by atoms with Crippen LogP contribution in [0.4, 0.5) is 17.1 Å². The van der Waals surface area contributed by atoms with Gasteiger partial charge in [-0.1, -0.05) is 188 Å². The lowest BCUT2D eigenvalue weighted by atomic mass is 9.64. The molecule has 10 aromatic carbocycles. The molecule has 1 spiro atoms. The fourth-order valence-electron chi connectivity index (χ4n) is 10.7. The molecule has 3 heteroatoms. The lowest BCUT2D eigenvalue weighted by Crippen LogP contribution is -2.36. The van der Waals surface area contributed by atoms with Gasteiger partial charge in [-0.2, -0.15) is 0 Å². The third-order valence-corrected chi connectivity index (χ3v) is 13.6. The molecule has 0 bridgehead atoms. The van der Waals surface area contributed by atoms with Gasteiger partial charge in [0.25, 0.3) is 0 Å². The second kappa shape index (κ2) is 14.4. The quantitative estimate of drug-likeness (QED) is 0.187. The zero-order valence-electron chi connectivity index (χ0n) is 35.0. The van der Waals surface area contributed by atoms with E-state index in [2.05, 4.69) is 247 Å². The molecule has 0 fully saturated rings. The van der Waals surface area contributed by atoms with Crippen LogP contribution in [0.5, 0.6) is 0 Å². The predicted molar refractivity (Wildman–Crippen MR) is 266 cm³/mol. The van der Waals surface area contributed by atoms with Crippen molar-refractivity contribution in [2.45, 2.75) is 11.6 Å². The Hall–Kier alpha value is -8.27. The summed E-state index contributed by atoms with van der Waals surface area (Å²) in [4.78, 5) is 7.99. The molecular formula is C61H41N3. The van der Waals surface area contributed by atoms with Gasteiger partial charge in [0.1, 0.15) is 6.17 Å². The summed E-state index contributed by atoms with van der Waals surface area (Å²) in [6, 6.07) is 84.5. The second-order valence-electron chi connectivity index (χ2n) is 17.1. The van der Waals surface area contributed by atoms with Gasteiger partial charge in [-0.05, 0) is 126 Å². The highest BCUT2D eigenvalue weighted by Crippen LogP contribution is 2.64. The molecule has 3 aliphatic rings. The van der Waals surface area contributed by atoms with Crippen molar-refractivity contribution in [1.29, 1.82) is 0 Å². The van der Waals surface area contributed by atoms with Crippen molar-refractivity contribution >= 4 is 50.0 Å². The molecule has 1 unspecified atom stereocenters. The second-order valence-corrected chi connectivity index (χ2v) is 17.1. The summed E-state index contributed by atoms with van der Waals surface area (Å²) >= 11 is 0. The molecule has 1 N–H and O–H groups in total. The van der Waals surface area contributed by atoms with Gasteiger partial charge in [0.05, 0.1) is 22.5 Å². The Morgan fingerprint density at radius 2 is 0.891 bits per heavy atom. The Kier molecular flexibility index (Phi) is 8.19. The highest BCUT2D eigenvalue weighted by Gasteiger charge is 2.52. The molecule has 1 aliphatic carbocycles. The minimum absolute atomic E-state index is 0.269. The maximum Gasteiger partial charge on any atom is 0.145 e. The van der Waals surface area contributed by atoms with Gasteiger partial charge in [-0.25, -0.2) is 0 Å². The number of rotatable bonds is 5. The van der Waals surface area contributed by atoms with Gasteiger partial charge < -0.3 is 10.2 Å². The molecule has 2 aliphatic heterocycles. The van der Waals surface area contributed by atoms with Crippen molar-refractivity contribution in [3.8, 4) is 22.3 Å². The zero-order valence-corrected chi connectivity index (χ0v) is 35.0. The van der Waals surface area contributed by atoms with E-state index in [4.69, 9.17) is 4.99 Å². The summed E-state index contributed by atoms with van der Waals surface area (Å²) in [5.41, 5.74) is 18.3. The standard InChI is InChI=1S/C61H41N3/c1-4-16-40(17-5-1)41-28-30-43(31-29-41)60-62-56(42-18-6-2-7-19-42)39-57(63-60)48-32-33-53-51(34-48)50-26-14-15-27-52(50)61(53)54-35-44-20-10-12-22-46(44)37-58(54)64(49-24-8-3-9-25-49)59-38-47-23-13-11-21-45(47)36-55(59)61/h1-39,60,62H. The van der Waals surface area contributed by atoms with E-state index < -0.39 is 5.41 Å². The first-order valence-electron chi connectivity index (χ1n) is 22.1. The van der Waals surface area contributed by atoms with E-state index in [1.165, 1.54) is 77.4 Å². The van der Waals surface area contributed by atoms with Gasteiger partial charge in [-0.3, -0.25) is 4.99 Å². The summed E-state index contributed by atoms with van der Waals surface area (Å²) in [6.07, 6.45) is 1.96. The normalized spacial score (nSPS) is 15.4. The minimum atomic E-state index is -0.599. The summed E-state index contributed by atoms with van der Waals surface area (Å²) in [7, 11) is 0. The highest BCUT2D eigenvalue weighted by molar-refractivity contribution is 6.14. The number of anilines is 3. The van der Waals surface area contributed by atoms with E-state index >= 15 is 0 Å². The lowest BCUT2D eigenvalue weighted by Gasteiger charge is -2.45. The first-order valence-corrected chi connectivity index (χ1v) is 22.1. The summed E-state index contributed by atoms with van der Waals surface area (Å²) < 4.78 is 0. The zero-order chi connectivity index (χ0) is 42.2. The van der Waals surface area contributed by atoms with E-state index in [-0.39, 0.29) is 6.17 Å². The average Bonchev–Trinajstić information content (AvgIpc) is 3.66. The van der Waals surface area contributed by atoms with Crippen molar-refractivity contribution in [3.63, 3.8) is 0 Å². The number of hydrogen-bond donors (Lipinski definition) is 1. The summed E-state index contributed by atoms with van der Waals surface area (Å²) in [6.45, 7) is 0. The van der Waals surface area contributed by atoms with Crippen LogP contribution in [-0.4, -0.2) is 5.71 Å². The van der Waals surface area contributed by atoms with E-state index in [9.17, 15) is 0 Å². The Morgan fingerprint density at radius 1 is 0.391 bits per heavy atom. The number of hydrogen-bond acceptors (Lipinski definition) is 3. The van der Waals surface area contributed by atoms with Gasteiger partial charge in [-0.15, -0.1) is 0 Å². The Labute approximate surface area is 373 Å². The molecule has 0 amide bonds. The maximum atomic E-state index is 5.49. The number of benzene rings is 10. The van der Waals surface area contributed by atoms with Crippen molar-refractivity contribution < 1.29 is 0 Å². The molecule has 300 valence electrons. The van der Waals surface area contributed by atoms with Crippen LogP contribution in [0.1, 0.15) is 45.1 Å². The fraction of sp³-hybridized carbons (Fsp3) is 0.0328. The van der Waals surface area contributed by atoms with Gasteiger partial charge in [0.15, 0.2) is 0 Å². The predicted octanol–water partition coefficient (Wildman–Crippen LogP) is 14.9.